The van der Waals surface area contributed by atoms with E-state index in [9.17, 15) is 4.79 Å². The summed E-state index contributed by atoms with van der Waals surface area (Å²) in [4.78, 5) is 18.8. The number of hydrogen-bond acceptors (Lipinski definition) is 3. The molecule has 2 aromatic rings. The van der Waals surface area contributed by atoms with Crippen LogP contribution in [0.2, 0.25) is 0 Å². The Bertz CT molecular complexity index is 553. The van der Waals surface area contributed by atoms with Crippen molar-refractivity contribution < 1.29 is 4.79 Å². The third-order valence-corrected chi connectivity index (χ3v) is 4.48. The minimum atomic E-state index is 0.178. The highest BCUT2D eigenvalue weighted by Gasteiger charge is 2.24. The SMILES string of the molecule is O=C(c1ccsc1)N1CCCC(Cc2ccccn2)C1. The van der Waals surface area contributed by atoms with E-state index < -0.39 is 0 Å². The number of piperidine rings is 1. The highest BCUT2D eigenvalue weighted by Crippen LogP contribution is 2.22. The van der Waals surface area contributed by atoms with E-state index in [1.807, 2.05) is 40.1 Å². The van der Waals surface area contributed by atoms with Gasteiger partial charge in [-0.1, -0.05) is 6.07 Å². The van der Waals surface area contributed by atoms with Gasteiger partial charge in [-0.15, -0.1) is 0 Å². The van der Waals surface area contributed by atoms with Crippen LogP contribution in [0.4, 0.5) is 0 Å². The summed E-state index contributed by atoms with van der Waals surface area (Å²) < 4.78 is 0. The third-order valence-electron chi connectivity index (χ3n) is 3.80. The van der Waals surface area contributed by atoms with E-state index in [1.165, 1.54) is 6.42 Å². The van der Waals surface area contributed by atoms with E-state index >= 15 is 0 Å². The van der Waals surface area contributed by atoms with Crippen molar-refractivity contribution in [3.05, 3.63) is 52.5 Å². The molecule has 104 valence electrons. The lowest BCUT2D eigenvalue weighted by Gasteiger charge is -2.32. The molecule has 3 heterocycles. The van der Waals surface area contributed by atoms with E-state index in [1.54, 1.807) is 11.3 Å². The van der Waals surface area contributed by atoms with Gasteiger partial charge in [0.05, 0.1) is 5.56 Å². The molecule has 0 radical (unpaired) electrons. The second kappa shape index (κ2) is 6.18. The summed E-state index contributed by atoms with van der Waals surface area (Å²) in [6, 6.07) is 7.95. The van der Waals surface area contributed by atoms with Crippen LogP contribution >= 0.6 is 11.3 Å². The highest BCUT2D eigenvalue weighted by atomic mass is 32.1. The Morgan fingerprint density at radius 3 is 3.10 bits per heavy atom. The zero-order valence-corrected chi connectivity index (χ0v) is 12.2. The lowest BCUT2D eigenvalue weighted by molar-refractivity contribution is 0.0673. The number of thiophene rings is 1. The van der Waals surface area contributed by atoms with Crippen molar-refractivity contribution in [1.29, 1.82) is 0 Å². The molecule has 1 amide bonds. The Kier molecular flexibility index (Phi) is 4.11. The number of carbonyl (C=O) groups is 1. The molecular weight excluding hydrogens is 268 g/mol. The fourth-order valence-electron chi connectivity index (χ4n) is 2.80. The van der Waals surface area contributed by atoms with Crippen molar-refractivity contribution in [2.75, 3.05) is 13.1 Å². The number of amides is 1. The third kappa shape index (κ3) is 3.07. The summed E-state index contributed by atoms with van der Waals surface area (Å²) >= 11 is 1.58. The first-order valence-electron chi connectivity index (χ1n) is 7.04. The molecule has 1 fully saturated rings. The summed E-state index contributed by atoms with van der Waals surface area (Å²) in [5.41, 5.74) is 1.95. The molecule has 0 aliphatic carbocycles. The molecule has 1 atom stereocenters. The largest absolute Gasteiger partial charge is 0.338 e. The number of carbonyl (C=O) groups excluding carboxylic acids is 1. The van der Waals surface area contributed by atoms with Gasteiger partial charge in [-0.25, -0.2) is 0 Å². The fraction of sp³-hybridized carbons (Fsp3) is 0.375. The highest BCUT2D eigenvalue weighted by molar-refractivity contribution is 7.08. The number of aromatic nitrogens is 1. The minimum absolute atomic E-state index is 0.178. The maximum Gasteiger partial charge on any atom is 0.254 e. The van der Waals surface area contributed by atoms with E-state index in [0.29, 0.717) is 5.92 Å². The van der Waals surface area contributed by atoms with Crippen molar-refractivity contribution in [2.24, 2.45) is 5.92 Å². The Labute approximate surface area is 123 Å². The van der Waals surface area contributed by atoms with Gasteiger partial charge in [0.2, 0.25) is 0 Å². The topological polar surface area (TPSA) is 33.2 Å². The van der Waals surface area contributed by atoms with E-state index in [-0.39, 0.29) is 5.91 Å². The van der Waals surface area contributed by atoms with Gasteiger partial charge in [0.15, 0.2) is 0 Å². The first kappa shape index (κ1) is 13.3. The van der Waals surface area contributed by atoms with Gasteiger partial charge in [0, 0.05) is 30.4 Å². The summed E-state index contributed by atoms with van der Waals surface area (Å²) in [5, 5.41) is 3.90. The molecule has 0 spiro atoms. The smallest absolute Gasteiger partial charge is 0.254 e. The van der Waals surface area contributed by atoms with Crippen molar-refractivity contribution in [1.82, 2.24) is 9.88 Å². The molecule has 1 aliphatic heterocycles. The fourth-order valence-corrected chi connectivity index (χ4v) is 3.43. The number of likely N-dealkylation sites (tertiary alicyclic amines) is 1. The summed E-state index contributed by atoms with van der Waals surface area (Å²) in [6.45, 7) is 1.73. The van der Waals surface area contributed by atoms with Crippen molar-refractivity contribution in [3.8, 4) is 0 Å². The molecule has 20 heavy (non-hydrogen) atoms. The molecule has 1 saturated heterocycles. The van der Waals surface area contributed by atoms with Gasteiger partial charge < -0.3 is 4.90 Å². The Hall–Kier alpha value is -1.68. The first-order chi connectivity index (χ1) is 9.83. The van der Waals surface area contributed by atoms with Crippen LogP contribution in [-0.2, 0) is 6.42 Å². The molecule has 0 saturated carbocycles. The van der Waals surface area contributed by atoms with Crippen LogP contribution in [0.3, 0.4) is 0 Å². The molecule has 0 aromatic carbocycles. The lowest BCUT2D eigenvalue weighted by atomic mass is 9.93. The van der Waals surface area contributed by atoms with Gasteiger partial charge in [-0.05, 0) is 48.8 Å². The number of pyridine rings is 1. The van der Waals surface area contributed by atoms with Gasteiger partial charge in [0.25, 0.3) is 5.91 Å². The maximum absolute atomic E-state index is 12.4. The number of rotatable bonds is 3. The van der Waals surface area contributed by atoms with Gasteiger partial charge in [0.1, 0.15) is 0 Å². The average Bonchev–Trinajstić information content (AvgIpc) is 3.02. The Morgan fingerprint density at radius 2 is 2.35 bits per heavy atom. The van der Waals surface area contributed by atoms with Crippen LogP contribution in [-0.4, -0.2) is 28.9 Å². The van der Waals surface area contributed by atoms with Gasteiger partial charge in [-0.2, -0.15) is 11.3 Å². The number of nitrogens with zero attached hydrogens (tertiary/aromatic N) is 2. The van der Waals surface area contributed by atoms with Crippen LogP contribution < -0.4 is 0 Å². The second-order valence-corrected chi connectivity index (χ2v) is 6.08. The van der Waals surface area contributed by atoms with Crippen LogP contribution in [0.15, 0.2) is 41.2 Å². The Morgan fingerprint density at radius 1 is 1.40 bits per heavy atom. The minimum Gasteiger partial charge on any atom is -0.338 e. The zero-order valence-electron chi connectivity index (χ0n) is 11.4. The molecule has 0 bridgehead atoms. The molecule has 4 heteroatoms. The standard InChI is InChI=1S/C16H18N2OS/c19-16(14-6-9-20-12-14)18-8-3-4-13(11-18)10-15-5-1-2-7-17-15/h1-2,5-7,9,12-13H,3-4,8,10-11H2. The molecule has 1 unspecified atom stereocenters. The predicted octanol–water partition coefficient (Wildman–Crippen LogP) is 3.24. The first-order valence-corrected chi connectivity index (χ1v) is 7.98. The molecule has 1 aliphatic rings. The van der Waals surface area contributed by atoms with E-state index in [2.05, 4.69) is 11.1 Å². The molecular formula is C16H18N2OS. The normalized spacial score (nSPS) is 19.0. The van der Waals surface area contributed by atoms with E-state index in [0.717, 1.165) is 37.2 Å². The molecule has 2 aromatic heterocycles. The van der Waals surface area contributed by atoms with E-state index in [4.69, 9.17) is 0 Å². The van der Waals surface area contributed by atoms with Crippen LogP contribution in [0.1, 0.15) is 28.9 Å². The second-order valence-electron chi connectivity index (χ2n) is 5.30. The van der Waals surface area contributed by atoms with Crippen molar-refractivity contribution in [3.63, 3.8) is 0 Å². The summed E-state index contributed by atoms with van der Waals surface area (Å²) in [7, 11) is 0. The van der Waals surface area contributed by atoms with Gasteiger partial charge >= 0.3 is 0 Å². The average molecular weight is 286 g/mol. The quantitative estimate of drug-likeness (QED) is 0.868. The van der Waals surface area contributed by atoms with Crippen molar-refractivity contribution >= 4 is 17.2 Å². The summed E-state index contributed by atoms with van der Waals surface area (Å²) in [5.74, 6) is 0.707. The Balaban J connectivity index is 1.63. The lowest BCUT2D eigenvalue weighted by Crippen LogP contribution is -2.40. The van der Waals surface area contributed by atoms with Crippen LogP contribution in [0, 0.1) is 5.92 Å². The maximum atomic E-state index is 12.4. The monoisotopic (exact) mass is 286 g/mol. The van der Waals surface area contributed by atoms with Crippen LogP contribution in [0.5, 0.6) is 0 Å². The van der Waals surface area contributed by atoms with Crippen LogP contribution in [0.25, 0.3) is 0 Å². The molecule has 0 N–H and O–H groups in total. The summed E-state index contributed by atoms with van der Waals surface area (Å²) in [6.07, 6.45) is 5.08. The molecule has 3 rings (SSSR count). The number of hydrogen-bond donors (Lipinski definition) is 0. The van der Waals surface area contributed by atoms with Gasteiger partial charge in [-0.3, -0.25) is 9.78 Å². The molecule has 3 nitrogen and oxygen atoms in total. The van der Waals surface area contributed by atoms with Crippen molar-refractivity contribution in [2.45, 2.75) is 19.3 Å². The predicted molar refractivity (Wildman–Crippen MR) is 80.9 cm³/mol. The zero-order chi connectivity index (χ0) is 13.8.